The molecule has 0 fully saturated rings. The van der Waals surface area contributed by atoms with Crippen LogP contribution in [0.15, 0.2) is 0 Å². The first-order valence-electron chi connectivity index (χ1n) is 3.86. The minimum Gasteiger partial charge on any atom is -0.746 e. The Morgan fingerprint density at radius 2 is 1.57 bits per heavy atom. The standard InChI is InChI=1S/C6H15NO3S2.2Na/c7-5-3-1-2-4-6-11-12(8,9)10;;/h1-7H2,(H-,8,9,10);;/q;2*+1/p-1. The molecule has 4 nitrogen and oxygen atoms in total. The molecule has 0 spiro atoms. The second-order valence-electron chi connectivity index (χ2n) is 2.43. The fraction of sp³-hybridized carbons (Fsp3) is 1.00. The predicted octanol–water partition coefficient (Wildman–Crippen LogP) is -5.94. The van der Waals surface area contributed by atoms with E-state index in [1.54, 1.807) is 0 Å². The molecule has 0 bridgehead atoms. The van der Waals surface area contributed by atoms with Crippen LogP contribution < -0.4 is 64.8 Å². The number of hydrogen-bond donors (Lipinski definition) is 1. The molecule has 0 aliphatic heterocycles. The maximum atomic E-state index is 10.1. The zero-order chi connectivity index (χ0) is 9.45. The van der Waals surface area contributed by atoms with E-state index in [0.717, 1.165) is 25.7 Å². The van der Waals surface area contributed by atoms with Crippen LogP contribution in [0.2, 0.25) is 0 Å². The van der Waals surface area contributed by atoms with Gasteiger partial charge in [0.05, 0.1) is 9.05 Å². The van der Waals surface area contributed by atoms with Crippen molar-refractivity contribution in [3.8, 4) is 0 Å². The first-order chi connectivity index (χ1) is 5.56. The molecule has 0 aromatic rings. The Balaban J connectivity index is -0.000000605. The first kappa shape index (κ1) is 21.5. The van der Waals surface area contributed by atoms with Gasteiger partial charge in [-0.2, -0.15) is 0 Å². The molecule has 2 N–H and O–H groups in total. The zero-order valence-corrected chi connectivity index (χ0v) is 14.5. The molecule has 74 valence electrons. The third kappa shape index (κ3) is 19.8. The van der Waals surface area contributed by atoms with Gasteiger partial charge in [-0.25, -0.2) is 4.21 Å². The molecular formula is C6H14NNa2O3S2+. The molecule has 14 heavy (non-hydrogen) atoms. The maximum absolute atomic E-state index is 10.1. The summed E-state index contributed by atoms with van der Waals surface area (Å²) < 4.78 is 30.3. The van der Waals surface area contributed by atoms with Crippen molar-refractivity contribution in [1.29, 1.82) is 0 Å². The van der Waals surface area contributed by atoms with Gasteiger partial charge in [-0.15, -0.1) is 0 Å². The Hall–Kier alpha value is 2.25. The van der Waals surface area contributed by atoms with Crippen LogP contribution in [0.3, 0.4) is 0 Å². The summed E-state index contributed by atoms with van der Waals surface area (Å²) >= 11 is 0. The van der Waals surface area contributed by atoms with E-state index in [1.807, 2.05) is 0 Å². The van der Waals surface area contributed by atoms with Crippen molar-refractivity contribution in [2.24, 2.45) is 5.73 Å². The van der Waals surface area contributed by atoms with Crippen LogP contribution in [0.25, 0.3) is 0 Å². The van der Waals surface area contributed by atoms with Gasteiger partial charge >= 0.3 is 59.1 Å². The van der Waals surface area contributed by atoms with Gasteiger partial charge in [-0.1, -0.05) is 6.42 Å². The summed E-state index contributed by atoms with van der Waals surface area (Å²) in [6.45, 7) is 0.674. The molecule has 0 atom stereocenters. The van der Waals surface area contributed by atoms with Gasteiger partial charge in [0.2, 0.25) is 10.3 Å². The van der Waals surface area contributed by atoms with Crippen molar-refractivity contribution in [3.63, 3.8) is 0 Å². The Morgan fingerprint density at radius 3 is 2.00 bits per heavy atom. The van der Waals surface area contributed by atoms with E-state index in [4.69, 9.17) is 5.73 Å². The molecule has 0 rings (SSSR count). The van der Waals surface area contributed by atoms with E-state index in [9.17, 15) is 13.3 Å². The van der Waals surface area contributed by atoms with E-state index in [0.29, 0.717) is 22.6 Å². The first-order valence-corrected chi connectivity index (χ1v) is 6.77. The largest absolute Gasteiger partial charge is 1.00 e. The normalized spacial score (nSPS) is 9.93. The smallest absolute Gasteiger partial charge is 0.746 e. The van der Waals surface area contributed by atoms with Gasteiger partial charge < -0.3 is 14.8 Å². The van der Waals surface area contributed by atoms with E-state index in [1.165, 1.54) is 0 Å². The SMILES string of the molecule is NCCCCCC[S+]=S(=O)([O-])[O-].[Na+].[Na+]. The van der Waals surface area contributed by atoms with Crippen molar-refractivity contribution in [3.05, 3.63) is 0 Å². The van der Waals surface area contributed by atoms with E-state index < -0.39 is 9.05 Å². The second-order valence-corrected chi connectivity index (χ2v) is 5.83. The molecule has 0 aliphatic carbocycles. The Kier molecular flexibility index (Phi) is 20.5. The zero-order valence-electron chi connectivity index (χ0n) is 8.86. The summed E-state index contributed by atoms with van der Waals surface area (Å²) in [5.41, 5.74) is 5.26. The van der Waals surface area contributed by atoms with Gasteiger partial charge in [0, 0.05) is 6.42 Å². The second kappa shape index (κ2) is 13.3. The molecule has 0 heterocycles. The van der Waals surface area contributed by atoms with Crippen molar-refractivity contribution in [2.75, 3.05) is 12.3 Å². The molecule has 0 radical (unpaired) electrons. The van der Waals surface area contributed by atoms with Crippen LogP contribution in [0.4, 0.5) is 0 Å². The van der Waals surface area contributed by atoms with Crippen molar-refractivity contribution < 1.29 is 72.4 Å². The quantitative estimate of drug-likeness (QED) is 0.292. The summed E-state index contributed by atoms with van der Waals surface area (Å²) in [6.07, 6.45) is 3.69. The van der Waals surface area contributed by atoms with Crippen LogP contribution in [0.1, 0.15) is 25.7 Å². The Labute approximate surface area is 134 Å². The Morgan fingerprint density at radius 1 is 1.07 bits per heavy atom. The number of unbranched alkanes of at least 4 members (excludes halogenated alkanes) is 3. The van der Waals surface area contributed by atoms with Gasteiger partial charge in [0.25, 0.3) is 0 Å². The number of rotatable bonds is 6. The summed E-state index contributed by atoms with van der Waals surface area (Å²) in [5, 5.41) is 0. The maximum Gasteiger partial charge on any atom is 1.00 e. The summed E-state index contributed by atoms with van der Waals surface area (Å²) in [4.78, 5) is 0. The summed E-state index contributed by atoms with van der Waals surface area (Å²) in [7, 11) is -3.60. The number of nitrogens with two attached hydrogens (primary N) is 1. The molecule has 0 unspecified atom stereocenters. The van der Waals surface area contributed by atoms with Gasteiger partial charge in [-0.05, 0) is 19.4 Å². The van der Waals surface area contributed by atoms with Crippen molar-refractivity contribution in [2.45, 2.75) is 25.7 Å². The monoisotopic (exact) mass is 258 g/mol. The van der Waals surface area contributed by atoms with E-state index >= 15 is 0 Å². The van der Waals surface area contributed by atoms with Crippen molar-refractivity contribution in [1.82, 2.24) is 0 Å². The molecule has 0 saturated heterocycles. The van der Waals surface area contributed by atoms with Crippen molar-refractivity contribution >= 4 is 19.4 Å². The molecule has 0 amide bonds. The van der Waals surface area contributed by atoms with Crippen LogP contribution in [-0.4, -0.2) is 25.6 Å². The van der Waals surface area contributed by atoms with Gasteiger partial charge in [0.15, 0.2) is 5.75 Å². The van der Waals surface area contributed by atoms with Crippen LogP contribution in [-0.2, 0) is 19.4 Å². The van der Waals surface area contributed by atoms with E-state index in [2.05, 4.69) is 0 Å². The fourth-order valence-corrected chi connectivity index (χ4v) is 2.25. The summed E-state index contributed by atoms with van der Waals surface area (Å²) in [5.74, 6) is 0.399. The fourth-order valence-electron chi connectivity index (χ4n) is 0.761. The average Bonchev–Trinajstić information content (AvgIpc) is 1.94. The van der Waals surface area contributed by atoms with Gasteiger partial charge in [-0.3, -0.25) is 0 Å². The van der Waals surface area contributed by atoms with E-state index in [-0.39, 0.29) is 59.1 Å². The topological polar surface area (TPSA) is 89.2 Å². The molecular weight excluding hydrogens is 244 g/mol. The number of hydrogen-bond acceptors (Lipinski definition) is 4. The molecule has 0 saturated carbocycles. The van der Waals surface area contributed by atoms with Crippen LogP contribution in [0, 0.1) is 0 Å². The minimum absolute atomic E-state index is 0. The average molecular weight is 258 g/mol. The third-order valence-electron chi connectivity index (χ3n) is 1.33. The van der Waals surface area contributed by atoms with Gasteiger partial charge in [0.1, 0.15) is 0 Å². The van der Waals surface area contributed by atoms with Crippen LogP contribution >= 0.6 is 0 Å². The van der Waals surface area contributed by atoms with Crippen LogP contribution in [0.5, 0.6) is 0 Å². The summed E-state index contributed by atoms with van der Waals surface area (Å²) in [6, 6.07) is 0. The Bertz CT molecular complexity index is 211. The molecule has 0 aliphatic rings. The molecule has 0 aromatic heterocycles. The molecule has 0 aromatic carbocycles. The third-order valence-corrected chi connectivity index (χ3v) is 3.44. The minimum atomic E-state index is -4.07. The predicted molar refractivity (Wildman–Crippen MR) is 49.5 cm³/mol. The molecule has 8 heteroatoms.